The lowest BCUT2D eigenvalue weighted by molar-refractivity contribution is 0.306. The van der Waals surface area contributed by atoms with Crippen LogP contribution in [-0.2, 0) is 6.61 Å². The molecule has 1 fully saturated rings. The van der Waals surface area contributed by atoms with Crippen LogP contribution in [0.1, 0.15) is 30.4 Å². The number of nitrogens with one attached hydrogen (secondary N) is 2. The number of anilines is 4. The molecule has 0 bridgehead atoms. The van der Waals surface area contributed by atoms with Crippen molar-refractivity contribution in [1.82, 2.24) is 15.0 Å². The van der Waals surface area contributed by atoms with Gasteiger partial charge in [-0.1, -0.05) is 57.9 Å². The van der Waals surface area contributed by atoms with E-state index >= 15 is 0 Å². The number of hydrogen-bond donors (Lipinski definition) is 2. The number of piperidine rings is 1. The lowest BCUT2D eigenvalue weighted by Crippen LogP contribution is -2.31. The molecule has 0 aliphatic carbocycles. The Kier molecular flexibility index (Phi) is 8.67. The molecule has 38 heavy (non-hydrogen) atoms. The van der Waals surface area contributed by atoms with E-state index in [-0.39, 0.29) is 0 Å². The van der Waals surface area contributed by atoms with Crippen LogP contribution in [0.4, 0.5) is 23.5 Å². The van der Waals surface area contributed by atoms with Crippen LogP contribution in [0.25, 0.3) is 0 Å². The zero-order valence-corrected chi connectivity index (χ0v) is 23.0. The highest BCUT2D eigenvalue weighted by Crippen LogP contribution is 2.24. The zero-order valence-electron chi connectivity index (χ0n) is 20.6. The summed E-state index contributed by atoms with van der Waals surface area (Å²) in [5.41, 5.74) is 5.70. The average molecular weight is 593 g/mol. The van der Waals surface area contributed by atoms with Crippen molar-refractivity contribution < 1.29 is 4.74 Å². The first kappa shape index (κ1) is 25.9. The van der Waals surface area contributed by atoms with Crippen molar-refractivity contribution in [2.75, 3.05) is 28.7 Å². The van der Waals surface area contributed by atoms with Gasteiger partial charge in [0.1, 0.15) is 12.4 Å². The molecular formula is C28H27BrClN7O. The Bertz CT molecular complexity index is 1380. The second kappa shape index (κ2) is 12.7. The summed E-state index contributed by atoms with van der Waals surface area (Å²) in [6.07, 6.45) is 5.16. The molecular weight excluding hydrogens is 566 g/mol. The third-order valence-electron chi connectivity index (χ3n) is 5.94. The van der Waals surface area contributed by atoms with E-state index in [0.29, 0.717) is 35.2 Å². The SMILES string of the molecule is Clc1ccc(COc2ccc(Br)cc2C=NNc2nc(Nc3ccccc3)nc(N3CCCCC3)n2)cc1. The molecule has 1 aliphatic heterocycles. The van der Waals surface area contributed by atoms with Gasteiger partial charge < -0.3 is 15.0 Å². The lowest BCUT2D eigenvalue weighted by Gasteiger charge is -2.26. The largest absolute Gasteiger partial charge is 0.488 e. The monoisotopic (exact) mass is 591 g/mol. The molecule has 0 amide bonds. The third kappa shape index (κ3) is 7.20. The molecule has 0 atom stereocenters. The van der Waals surface area contributed by atoms with Crippen molar-refractivity contribution in [2.45, 2.75) is 25.9 Å². The first-order valence-corrected chi connectivity index (χ1v) is 13.6. The maximum Gasteiger partial charge on any atom is 0.250 e. The van der Waals surface area contributed by atoms with E-state index in [2.05, 4.69) is 51.6 Å². The summed E-state index contributed by atoms with van der Waals surface area (Å²) >= 11 is 9.52. The van der Waals surface area contributed by atoms with Crippen molar-refractivity contribution in [3.63, 3.8) is 0 Å². The Morgan fingerprint density at radius 2 is 1.68 bits per heavy atom. The predicted molar refractivity (Wildman–Crippen MR) is 157 cm³/mol. The van der Waals surface area contributed by atoms with Crippen LogP contribution in [0, 0.1) is 0 Å². The molecule has 5 rings (SSSR count). The van der Waals surface area contributed by atoms with Crippen molar-refractivity contribution in [2.24, 2.45) is 5.10 Å². The van der Waals surface area contributed by atoms with Crippen LogP contribution in [0.15, 0.2) is 82.4 Å². The van der Waals surface area contributed by atoms with Gasteiger partial charge in [-0.05, 0) is 67.3 Å². The number of para-hydroxylation sites is 1. The number of benzene rings is 3. The highest BCUT2D eigenvalue weighted by atomic mass is 79.9. The second-order valence-corrected chi connectivity index (χ2v) is 10.1. The fraction of sp³-hybridized carbons (Fsp3) is 0.214. The van der Waals surface area contributed by atoms with E-state index < -0.39 is 0 Å². The number of aromatic nitrogens is 3. The molecule has 0 spiro atoms. The molecule has 1 aromatic heterocycles. The lowest BCUT2D eigenvalue weighted by atomic mass is 10.1. The van der Waals surface area contributed by atoms with Crippen molar-refractivity contribution in [1.29, 1.82) is 0 Å². The normalized spacial score (nSPS) is 13.5. The summed E-state index contributed by atoms with van der Waals surface area (Å²) in [6, 6.07) is 23.2. The van der Waals surface area contributed by atoms with E-state index in [4.69, 9.17) is 16.3 Å². The summed E-state index contributed by atoms with van der Waals surface area (Å²) in [4.78, 5) is 16.0. The fourth-order valence-electron chi connectivity index (χ4n) is 4.01. The van der Waals surface area contributed by atoms with E-state index in [1.54, 1.807) is 6.21 Å². The summed E-state index contributed by atoms with van der Waals surface area (Å²) in [7, 11) is 0. The Labute approximate surface area is 235 Å². The van der Waals surface area contributed by atoms with Gasteiger partial charge in [0.25, 0.3) is 0 Å². The van der Waals surface area contributed by atoms with Gasteiger partial charge in [0, 0.05) is 33.8 Å². The molecule has 0 saturated carbocycles. The highest BCUT2D eigenvalue weighted by molar-refractivity contribution is 9.10. The summed E-state index contributed by atoms with van der Waals surface area (Å²) in [5, 5.41) is 8.39. The molecule has 4 aromatic rings. The molecule has 1 aliphatic rings. The Balaban J connectivity index is 1.34. The minimum Gasteiger partial charge on any atom is -0.488 e. The number of hydrogen-bond acceptors (Lipinski definition) is 8. The van der Waals surface area contributed by atoms with Crippen LogP contribution in [0.2, 0.25) is 5.02 Å². The number of hydrazone groups is 1. The minimum atomic E-state index is 0.355. The van der Waals surface area contributed by atoms with Gasteiger partial charge in [0.2, 0.25) is 17.8 Å². The summed E-state index contributed by atoms with van der Waals surface area (Å²) in [5.74, 6) is 2.14. The van der Waals surface area contributed by atoms with E-state index in [1.165, 1.54) is 6.42 Å². The fourth-order valence-corrected chi connectivity index (χ4v) is 4.51. The summed E-state index contributed by atoms with van der Waals surface area (Å²) in [6.45, 7) is 2.25. The van der Waals surface area contributed by atoms with Gasteiger partial charge in [0.05, 0.1) is 6.21 Å². The maximum absolute atomic E-state index is 6.06. The van der Waals surface area contributed by atoms with Gasteiger partial charge in [0.15, 0.2) is 0 Å². The number of rotatable bonds is 9. The number of nitrogens with zero attached hydrogens (tertiary/aromatic N) is 5. The van der Waals surface area contributed by atoms with Gasteiger partial charge in [-0.2, -0.15) is 20.1 Å². The van der Waals surface area contributed by atoms with Gasteiger partial charge in [-0.3, -0.25) is 0 Å². The topological polar surface area (TPSA) is 87.6 Å². The standard InChI is InChI=1S/C28H27BrClN7O/c29-22-11-14-25(38-19-20-9-12-23(30)13-10-20)21(17-22)18-31-36-27-33-26(32-24-7-3-1-4-8-24)34-28(35-27)37-15-5-2-6-16-37/h1,3-4,7-14,17-18H,2,5-6,15-16,19H2,(H2,32,33,34,35,36). The first-order valence-electron chi connectivity index (χ1n) is 12.4. The van der Waals surface area contributed by atoms with Crippen LogP contribution in [0.3, 0.4) is 0 Å². The van der Waals surface area contributed by atoms with E-state index in [9.17, 15) is 0 Å². The quantitative estimate of drug-likeness (QED) is 0.159. The summed E-state index contributed by atoms with van der Waals surface area (Å²) < 4.78 is 6.98. The second-order valence-electron chi connectivity index (χ2n) is 8.79. The molecule has 194 valence electrons. The van der Waals surface area contributed by atoms with Gasteiger partial charge in [-0.25, -0.2) is 5.43 Å². The van der Waals surface area contributed by atoms with Crippen LogP contribution >= 0.6 is 27.5 Å². The Morgan fingerprint density at radius 3 is 2.47 bits per heavy atom. The van der Waals surface area contributed by atoms with Crippen LogP contribution in [-0.4, -0.2) is 34.3 Å². The average Bonchev–Trinajstić information content (AvgIpc) is 2.94. The van der Waals surface area contributed by atoms with Gasteiger partial charge >= 0.3 is 0 Å². The van der Waals surface area contributed by atoms with Gasteiger partial charge in [-0.15, -0.1) is 0 Å². The third-order valence-corrected chi connectivity index (χ3v) is 6.69. The molecule has 0 unspecified atom stereocenters. The number of halogens is 2. The van der Waals surface area contributed by atoms with Crippen LogP contribution < -0.4 is 20.4 Å². The smallest absolute Gasteiger partial charge is 0.250 e. The molecule has 10 heteroatoms. The minimum absolute atomic E-state index is 0.355. The Morgan fingerprint density at radius 1 is 0.921 bits per heavy atom. The highest BCUT2D eigenvalue weighted by Gasteiger charge is 2.16. The van der Waals surface area contributed by atoms with Crippen molar-refractivity contribution >= 4 is 57.3 Å². The molecule has 2 N–H and O–H groups in total. The molecule has 2 heterocycles. The maximum atomic E-state index is 6.06. The van der Waals surface area contributed by atoms with E-state index in [1.807, 2.05) is 72.8 Å². The zero-order chi connectivity index (χ0) is 26.2. The molecule has 3 aromatic carbocycles. The van der Waals surface area contributed by atoms with Crippen molar-refractivity contribution in [3.8, 4) is 5.75 Å². The van der Waals surface area contributed by atoms with Crippen molar-refractivity contribution in [3.05, 3.63) is 93.4 Å². The Hall–Kier alpha value is -3.69. The molecule has 0 radical (unpaired) electrons. The predicted octanol–water partition coefficient (Wildman–Crippen LogP) is 7.05. The molecule has 8 nitrogen and oxygen atoms in total. The first-order chi connectivity index (χ1) is 18.6. The van der Waals surface area contributed by atoms with E-state index in [0.717, 1.165) is 47.2 Å². The van der Waals surface area contributed by atoms with Crippen LogP contribution in [0.5, 0.6) is 5.75 Å². The number of ether oxygens (including phenoxy) is 1. The molecule has 1 saturated heterocycles.